The van der Waals surface area contributed by atoms with E-state index in [9.17, 15) is 13.2 Å². The number of rotatable bonds is 1. The van der Waals surface area contributed by atoms with Gasteiger partial charge in [0, 0.05) is 5.69 Å². The van der Waals surface area contributed by atoms with Crippen LogP contribution in [0.3, 0.4) is 0 Å². The van der Waals surface area contributed by atoms with Crippen LogP contribution in [0.5, 0.6) is 0 Å². The van der Waals surface area contributed by atoms with E-state index >= 15 is 0 Å². The number of benzene rings is 2. The van der Waals surface area contributed by atoms with Gasteiger partial charge in [0.1, 0.15) is 0 Å². The predicted molar refractivity (Wildman–Crippen MR) is 70.8 cm³/mol. The number of nitrogens with two attached hydrogens (primary N) is 1. The van der Waals surface area contributed by atoms with Crippen LogP contribution in [0.25, 0.3) is 11.1 Å². The molecule has 2 N–H and O–H groups in total. The summed E-state index contributed by atoms with van der Waals surface area (Å²) in [7, 11) is 0. The number of alkyl halides is 3. The molecule has 0 heterocycles. The van der Waals surface area contributed by atoms with Gasteiger partial charge in [-0.15, -0.1) is 0 Å². The Labute approximate surface area is 109 Å². The summed E-state index contributed by atoms with van der Waals surface area (Å²) in [5.41, 5.74) is 8.94. The van der Waals surface area contributed by atoms with Crippen LogP contribution in [0.2, 0.25) is 0 Å². The molecule has 0 unspecified atom stereocenters. The predicted octanol–water partition coefficient (Wildman–Crippen LogP) is 4.57. The first-order chi connectivity index (χ1) is 8.80. The van der Waals surface area contributed by atoms with Crippen LogP contribution in [0, 0.1) is 13.8 Å². The maximum atomic E-state index is 12.6. The third kappa shape index (κ3) is 2.57. The molecule has 0 radical (unpaired) electrons. The Bertz CT molecular complexity index is 615. The molecule has 0 saturated heterocycles. The second-order valence-electron chi connectivity index (χ2n) is 4.55. The summed E-state index contributed by atoms with van der Waals surface area (Å²) >= 11 is 0. The maximum Gasteiger partial charge on any atom is 0.416 e. The van der Waals surface area contributed by atoms with E-state index in [1.165, 1.54) is 6.07 Å². The molecule has 2 rings (SSSR count). The Hall–Kier alpha value is -1.97. The summed E-state index contributed by atoms with van der Waals surface area (Å²) in [5.74, 6) is 0. The van der Waals surface area contributed by atoms with E-state index in [1.54, 1.807) is 19.1 Å². The van der Waals surface area contributed by atoms with Gasteiger partial charge in [-0.3, -0.25) is 0 Å². The molecule has 0 aliphatic heterocycles. The van der Waals surface area contributed by atoms with Gasteiger partial charge in [-0.05, 0) is 54.3 Å². The molecule has 0 spiro atoms. The monoisotopic (exact) mass is 265 g/mol. The van der Waals surface area contributed by atoms with Gasteiger partial charge in [-0.2, -0.15) is 13.2 Å². The molecule has 19 heavy (non-hydrogen) atoms. The van der Waals surface area contributed by atoms with Gasteiger partial charge in [0.15, 0.2) is 0 Å². The summed E-state index contributed by atoms with van der Waals surface area (Å²) in [4.78, 5) is 0. The van der Waals surface area contributed by atoms with E-state index < -0.39 is 11.7 Å². The standard InChI is InChI=1S/C15H14F3N/c1-9-8-11(15(16,17)18)6-7-12(9)13-4-3-5-14(19)10(13)2/h3-8H,19H2,1-2H3. The van der Waals surface area contributed by atoms with E-state index in [1.807, 2.05) is 13.0 Å². The van der Waals surface area contributed by atoms with Crippen molar-refractivity contribution in [1.29, 1.82) is 0 Å². The first-order valence-corrected chi connectivity index (χ1v) is 5.84. The van der Waals surface area contributed by atoms with Gasteiger partial charge >= 0.3 is 6.18 Å². The molecular weight excluding hydrogens is 251 g/mol. The van der Waals surface area contributed by atoms with Gasteiger partial charge in [0.05, 0.1) is 5.56 Å². The lowest BCUT2D eigenvalue weighted by atomic mass is 9.94. The molecule has 1 nitrogen and oxygen atoms in total. The zero-order valence-electron chi connectivity index (χ0n) is 10.7. The molecule has 4 heteroatoms. The van der Waals surface area contributed by atoms with Crippen molar-refractivity contribution in [3.63, 3.8) is 0 Å². The number of halogens is 3. The molecule has 100 valence electrons. The third-order valence-corrected chi connectivity index (χ3v) is 3.22. The second-order valence-corrected chi connectivity index (χ2v) is 4.55. The fraction of sp³-hybridized carbons (Fsp3) is 0.200. The van der Waals surface area contributed by atoms with Gasteiger partial charge in [0.25, 0.3) is 0 Å². The molecule has 0 atom stereocenters. The third-order valence-electron chi connectivity index (χ3n) is 3.22. The lowest BCUT2D eigenvalue weighted by Crippen LogP contribution is -2.05. The highest BCUT2D eigenvalue weighted by Crippen LogP contribution is 2.34. The van der Waals surface area contributed by atoms with Gasteiger partial charge in [0.2, 0.25) is 0 Å². The quantitative estimate of drug-likeness (QED) is 0.751. The second kappa shape index (κ2) is 4.61. The normalized spacial score (nSPS) is 11.6. The van der Waals surface area contributed by atoms with Crippen molar-refractivity contribution in [1.82, 2.24) is 0 Å². The minimum atomic E-state index is -4.31. The maximum absolute atomic E-state index is 12.6. The molecule has 0 aliphatic carbocycles. The minimum Gasteiger partial charge on any atom is -0.398 e. The van der Waals surface area contributed by atoms with Crippen molar-refractivity contribution in [2.45, 2.75) is 20.0 Å². The molecule has 0 saturated carbocycles. The zero-order chi connectivity index (χ0) is 14.2. The van der Waals surface area contributed by atoms with Crippen molar-refractivity contribution in [2.75, 3.05) is 5.73 Å². The average molecular weight is 265 g/mol. The highest BCUT2D eigenvalue weighted by atomic mass is 19.4. The molecule has 0 amide bonds. The number of aryl methyl sites for hydroxylation is 1. The smallest absolute Gasteiger partial charge is 0.398 e. The Kier molecular flexibility index (Phi) is 3.27. The lowest BCUT2D eigenvalue weighted by molar-refractivity contribution is -0.137. The van der Waals surface area contributed by atoms with E-state index in [4.69, 9.17) is 5.73 Å². The topological polar surface area (TPSA) is 26.0 Å². The number of hydrogen-bond donors (Lipinski definition) is 1. The minimum absolute atomic E-state index is 0.587. The van der Waals surface area contributed by atoms with E-state index in [2.05, 4.69) is 0 Å². The SMILES string of the molecule is Cc1cc(C(F)(F)F)ccc1-c1cccc(N)c1C. The summed E-state index contributed by atoms with van der Waals surface area (Å²) in [5, 5.41) is 0. The van der Waals surface area contributed by atoms with Crippen LogP contribution in [0.4, 0.5) is 18.9 Å². The van der Waals surface area contributed by atoms with Gasteiger partial charge in [-0.25, -0.2) is 0 Å². The number of hydrogen-bond acceptors (Lipinski definition) is 1. The first kappa shape index (κ1) is 13.5. The number of anilines is 1. The van der Waals surface area contributed by atoms with Gasteiger partial charge in [-0.1, -0.05) is 18.2 Å². The molecule has 0 fully saturated rings. The Morgan fingerprint density at radius 1 is 0.947 bits per heavy atom. The van der Waals surface area contributed by atoms with Crippen LogP contribution in [-0.2, 0) is 6.18 Å². The van der Waals surface area contributed by atoms with E-state index in [0.29, 0.717) is 11.3 Å². The Morgan fingerprint density at radius 2 is 1.63 bits per heavy atom. The fourth-order valence-corrected chi connectivity index (χ4v) is 2.09. The van der Waals surface area contributed by atoms with Crippen LogP contribution < -0.4 is 5.73 Å². The van der Waals surface area contributed by atoms with E-state index in [0.717, 1.165) is 28.8 Å². The number of nitrogen functional groups attached to an aromatic ring is 1. The fourth-order valence-electron chi connectivity index (χ4n) is 2.09. The molecular formula is C15H14F3N. The Balaban J connectivity index is 2.56. The zero-order valence-corrected chi connectivity index (χ0v) is 10.7. The van der Waals surface area contributed by atoms with Crippen LogP contribution in [0.1, 0.15) is 16.7 Å². The Morgan fingerprint density at radius 3 is 2.21 bits per heavy atom. The highest BCUT2D eigenvalue weighted by Gasteiger charge is 2.30. The van der Waals surface area contributed by atoms with Crippen molar-refractivity contribution < 1.29 is 13.2 Å². The summed E-state index contributed by atoms with van der Waals surface area (Å²) in [6.07, 6.45) is -4.31. The first-order valence-electron chi connectivity index (χ1n) is 5.84. The van der Waals surface area contributed by atoms with Crippen molar-refractivity contribution in [3.8, 4) is 11.1 Å². The van der Waals surface area contributed by atoms with Crippen molar-refractivity contribution in [3.05, 3.63) is 53.1 Å². The average Bonchev–Trinajstić information content (AvgIpc) is 2.32. The lowest BCUT2D eigenvalue weighted by Gasteiger charge is -2.14. The van der Waals surface area contributed by atoms with Crippen LogP contribution in [0.15, 0.2) is 36.4 Å². The summed E-state index contributed by atoms with van der Waals surface area (Å²) < 4.78 is 37.9. The van der Waals surface area contributed by atoms with Gasteiger partial charge < -0.3 is 5.73 Å². The molecule has 2 aromatic rings. The highest BCUT2D eigenvalue weighted by molar-refractivity contribution is 5.75. The van der Waals surface area contributed by atoms with Crippen LogP contribution in [-0.4, -0.2) is 0 Å². The molecule has 0 aromatic heterocycles. The van der Waals surface area contributed by atoms with E-state index in [-0.39, 0.29) is 0 Å². The largest absolute Gasteiger partial charge is 0.416 e. The molecule has 0 aliphatic rings. The summed E-state index contributed by atoms with van der Waals surface area (Å²) in [6.45, 7) is 3.54. The van der Waals surface area contributed by atoms with Crippen molar-refractivity contribution in [2.24, 2.45) is 0 Å². The van der Waals surface area contributed by atoms with Crippen LogP contribution >= 0.6 is 0 Å². The molecule has 0 bridgehead atoms. The summed E-state index contributed by atoms with van der Waals surface area (Å²) in [6, 6.07) is 9.21. The van der Waals surface area contributed by atoms with Crippen molar-refractivity contribution >= 4 is 5.69 Å². The molecule has 2 aromatic carbocycles.